The van der Waals surface area contributed by atoms with E-state index in [1.54, 1.807) is 0 Å². The van der Waals surface area contributed by atoms with E-state index in [-0.39, 0.29) is 18.9 Å². The molecule has 1 aliphatic rings. The molecule has 0 amide bonds. The number of rotatable bonds is 0. The zero-order chi connectivity index (χ0) is 5.98. The van der Waals surface area contributed by atoms with Crippen LogP contribution in [-0.2, 0) is 4.74 Å². The van der Waals surface area contributed by atoms with Crippen LogP contribution in [0.3, 0.4) is 0 Å². The molecule has 48 valence electrons. The fourth-order valence-electron chi connectivity index (χ4n) is 0.921. The summed E-state index contributed by atoms with van der Waals surface area (Å²) in [5, 5.41) is 4.21. The molecule has 2 atom stereocenters. The van der Waals surface area contributed by atoms with Gasteiger partial charge in [-0.1, -0.05) is 0 Å². The first kappa shape index (κ1) is 9.52. The van der Waals surface area contributed by atoms with Crippen LogP contribution >= 0.6 is 0 Å². The first-order valence-corrected chi connectivity index (χ1v) is 3.08. The topological polar surface area (TPSA) is 23.3 Å². The van der Waals surface area contributed by atoms with Gasteiger partial charge in [-0.05, 0) is 13.8 Å². The van der Waals surface area contributed by atoms with E-state index in [4.69, 9.17) is 4.74 Å². The SMILES string of the molecule is CC1C[N-]CC(C)O1.[Li+]. The van der Waals surface area contributed by atoms with Crippen LogP contribution in [0, 0.1) is 0 Å². The maximum absolute atomic E-state index is 5.39. The van der Waals surface area contributed by atoms with Crippen molar-refractivity contribution in [2.75, 3.05) is 13.1 Å². The summed E-state index contributed by atoms with van der Waals surface area (Å²) in [6.07, 6.45) is 0.692. The van der Waals surface area contributed by atoms with Gasteiger partial charge in [-0.2, -0.15) is 0 Å². The maximum atomic E-state index is 5.39. The summed E-state index contributed by atoms with van der Waals surface area (Å²) in [6, 6.07) is 0. The Morgan fingerprint density at radius 3 is 1.89 bits per heavy atom. The largest absolute Gasteiger partial charge is 1.00 e. The molecule has 0 aromatic carbocycles. The Balaban J connectivity index is 0.000000640. The molecule has 2 unspecified atom stereocenters. The second-order valence-corrected chi connectivity index (χ2v) is 2.35. The molecular formula is C6H12LiNO. The molecule has 0 radical (unpaired) electrons. The van der Waals surface area contributed by atoms with Crippen molar-refractivity contribution in [3.05, 3.63) is 5.32 Å². The van der Waals surface area contributed by atoms with Gasteiger partial charge in [0.05, 0.1) is 0 Å². The molecule has 0 bridgehead atoms. The molecule has 1 saturated heterocycles. The minimum atomic E-state index is 0. The summed E-state index contributed by atoms with van der Waals surface area (Å²) in [5.41, 5.74) is 0. The Labute approximate surface area is 68.5 Å². The monoisotopic (exact) mass is 121 g/mol. The van der Waals surface area contributed by atoms with Crippen molar-refractivity contribution in [3.8, 4) is 0 Å². The molecule has 9 heavy (non-hydrogen) atoms. The number of nitrogens with zero attached hydrogens (tertiary/aromatic N) is 1. The Hall–Kier alpha value is 0.517. The van der Waals surface area contributed by atoms with E-state index in [9.17, 15) is 0 Å². The van der Waals surface area contributed by atoms with Crippen LogP contribution in [0.5, 0.6) is 0 Å². The maximum Gasteiger partial charge on any atom is 1.00 e. The van der Waals surface area contributed by atoms with Gasteiger partial charge in [-0.25, -0.2) is 0 Å². The van der Waals surface area contributed by atoms with Crippen molar-refractivity contribution in [1.29, 1.82) is 0 Å². The summed E-state index contributed by atoms with van der Waals surface area (Å²) in [4.78, 5) is 0. The minimum Gasteiger partial charge on any atom is -0.658 e. The molecule has 0 aromatic rings. The Bertz CT molecular complexity index is 71.5. The summed E-state index contributed by atoms with van der Waals surface area (Å²) in [7, 11) is 0. The van der Waals surface area contributed by atoms with Gasteiger partial charge in [-0.3, -0.25) is 0 Å². The van der Waals surface area contributed by atoms with Gasteiger partial charge in [0.2, 0.25) is 0 Å². The van der Waals surface area contributed by atoms with Crippen LogP contribution in [0.2, 0.25) is 0 Å². The number of hydrogen-bond donors (Lipinski definition) is 0. The van der Waals surface area contributed by atoms with Crippen molar-refractivity contribution in [1.82, 2.24) is 0 Å². The van der Waals surface area contributed by atoms with E-state index in [0.29, 0.717) is 12.2 Å². The van der Waals surface area contributed by atoms with Gasteiger partial charge in [0.15, 0.2) is 0 Å². The standard InChI is InChI=1S/C6H12NO.Li/c1-5-3-7-4-6(2)8-5;/h5-6H,3-4H2,1-2H3;/q-1;+1. The van der Waals surface area contributed by atoms with Crippen LogP contribution in [0.4, 0.5) is 0 Å². The van der Waals surface area contributed by atoms with E-state index in [1.165, 1.54) is 0 Å². The van der Waals surface area contributed by atoms with Crippen LogP contribution in [0.25, 0.3) is 5.32 Å². The van der Waals surface area contributed by atoms with E-state index >= 15 is 0 Å². The fraction of sp³-hybridized carbons (Fsp3) is 1.00. The Morgan fingerprint density at radius 2 is 1.67 bits per heavy atom. The van der Waals surface area contributed by atoms with Crippen molar-refractivity contribution in [2.45, 2.75) is 26.1 Å². The van der Waals surface area contributed by atoms with E-state index in [2.05, 4.69) is 19.2 Å². The van der Waals surface area contributed by atoms with Gasteiger partial charge in [0.1, 0.15) is 0 Å². The smallest absolute Gasteiger partial charge is 0.658 e. The van der Waals surface area contributed by atoms with Crippen molar-refractivity contribution in [3.63, 3.8) is 0 Å². The molecule has 1 fully saturated rings. The number of hydrogen-bond acceptors (Lipinski definition) is 1. The molecule has 1 heterocycles. The van der Waals surface area contributed by atoms with Gasteiger partial charge >= 0.3 is 18.9 Å². The third-order valence-corrected chi connectivity index (χ3v) is 1.24. The zero-order valence-corrected chi connectivity index (χ0v) is 6.42. The zero-order valence-electron chi connectivity index (χ0n) is 6.42. The van der Waals surface area contributed by atoms with Crippen LogP contribution in [0.15, 0.2) is 0 Å². The first-order chi connectivity index (χ1) is 3.79. The van der Waals surface area contributed by atoms with Gasteiger partial charge in [0.25, 0.3) is 0 Å². The molecule has 1 aliphatic heterocycles. The predicted molar refractivity (Wildman–Crippen MR) is 33.1 cm³/mol. The van der Waals surface area contributed by atoms with Gasteiger partial charge in [-0.15, -0.1) is 13.1 Å². The molecule has 0 saturated carbocycles. The summed E-state index contributed by atoms with van der Waals surface area (Å²) in [5.74, 6) is 0. The van der Waals surface area contributed by atoms with Crippen LogP contribution < -0.4 is 18.9 Å². The predicted octanol–water partition coefficient (Wildman–Crippen LogP) is -1.83. The average Bonchev–Trinajstić information content (AvgIpc) is 1.64. The molecule has 0 N–H and O–H groups in total. The van der Waals surface area contributed by atoms with Crippen LogP contribution in [-0.4, -0.2) is 25.3 Å². The Kier molecular flexibility index (Phi) is 4.60. The van der Waals surface area contributed by atoms with E-state index < -0.39 is 0 Å². The quantitative estimate of drug-likeness (QED) is 0.346. The Morgan fingerprint density at radius 1 is 1.22 bits per heavy atom. The molecule has 1 rings (SSSR count). The molecule has 3 heteroatoms. The fourth-order valence-corrected chi connectivity index (χ4v) is 0.921. The van der Waals surface area contributed by atoms with Crippen LogP contribution in [0.1, 0.15) is 13.8 Å². The van der Waals surface area contributed by atoms with E-state index in [1.807, 2.05) is 0 Å². The molecule has 2 nitrogen and oxygen atoms in total. The summed E-state index contributed by atoms with van der Waals surface area (Å²) in [6.45, 7) is 5.87. The number of morpholine rings is 1. The summed E-state index contributed by atoms with van der Waals surface area (Å²) >= 11 is 0. The third kappa shape index (κ3) is 3.27. The first-order valence-electron chi connectivity index (χ1n) is 3.08. The van der Waals surface area contributed by atoms with Gasteiger partial charge in [0, 0.05) is 12.2 Å². The second kappa shape index (κ2) is 4.35. The normalized spacial score (nSPS) is 35.3. The van der Waals surface area contributed by atoms with Crippen molar-refractivity contribution >= 4 is 0 Å². The van der Waals surface area contributed by atoms with Crippen molar-refractivity contribution < 1.29 is 23.6 Å². The molecular weight excluding hydrogens is 109 g/mol. The molecule has 0 spiro atoms. The minimum absolute atomic E-state index is 0. The van der Waals surface area contributed by atoms with Gasteiger partial charge < -0.3 is 10.1 Å². The average molecular weight is 121 g/mol. The third-order valence-electron chi connectivity index (χ3n) is 1.24. The van der Waals surface area contributed by atoms with E-state index in [0.717, 1.165) is 13.1 Å². The second-order valence-electron chi connectivity index (χ2n) is 2.35. The molecule has 0 aromatic heterocycles. The number of ether oxygens (including phenoxy) is 1. The molecule has 0 aliphatic carbocycles. The summed E-state index contributed by atoms with van der Waals surface area (Å²) < 4.78 is 5.39. The van der Waals surface area contributed by atoms with Crippen molar-refractivity contribution in [2.24, 2.45) is 0 Å².